The van der Waals surface area contributed by atoms with Crippen molar-refractivity contribution in [2.75, 3.05) is 27.3 Å². The Morgan fingerprint density at radius 3 is 1.18 bits per heavy atom. The quantitative estimate of drug-likeness (QED) is 0.601. The van der Waals surface area contributed by atoms with Crippen LogP contribution >= 0.6 is 0 Å². The third kappa shape index (κ3) is 5.93. The van der Waals surface area contributed by atoms with Crippen molar-refractivity contribution >= 4 is 11.9 Å². The van der Waals surface area contributed by atoms with Crippen molar-refractivity contribution in [2.45, 2.75) is 65.7 Å². The Bertz CT molecular complexity index is 324. The lowest BCUT2D eigenvalue weighted by Gasteiger charge is -2.36. The van der Waals surface area contributed by atoms with Gasteiger partial charge in [0.15, 0.2) is 0 Å². The molecule has 22 heavy (non-hydrogen) atoms. The fourth-order valence-corrected chi connectivity index (χ4v) is 2.64. The van der Waals surface area contributed by atoms with E-state index >= 15 is 0 Å². The van der Waals surface area contributed by atoms with Crippen LogP contribution in [0.2, 0.25) is 0 Å². The molecule has 0 heterocycles. The minimum Gasteiger partial charge on any atom is -0.468 e. The van der Waals surface area contributed by atoms with Gasteiger partial charge in [-0.3, -0.25) is 19.4 Å². The molecule has 130 valence electrons. The second kappa shape index (κ2) is 9.79. The van der Waals surface area contributed by atoms with Crippen LogP contribution < -0.4 is 0 Å². The highest BCUT2D eigenvalue weighted by Gasteiger charge is 2.28. The molecule has 0 bridgehead atoms. The predicted octanol–water partition coefficient (Wildman–Crippen LogP) is 1.53. The molecule has 0 fully saturated rings. The molecule has 0 N–H and O–H groups in total. The molecule has 0 saturated heterocycles. The zero-order valence-electron chi connectivity index (χ0n) is 15.3. The fourth-order valence-electron chi connectivity index (χ4n) is 2.64. The minimum atomic E-state index is -0.313. The summed E-state index contributed by atoms with van der Waals surface area (Å²) < 4.78 is 9.66. The van der Waals surface area contributed by atoms with Crippen LogP contribution in [-0.4, -0.2) is 73.2 Å². The maximum absolute atomic E-state index is 11.8. The molecule has 0 saturated carbocycles. The maximum Gasteiger partial charge on any atom is 0.322 e. The van der Waals surface area contributed by atoms with Crippen molar-refractivity contribution in [3.8, 4) is 0 Å². The Morgan fingerprint density at radius 1 is 0.727 bits per heavy atom. The Balaban J connectivity index is 4.92. The summed E-state index contributed by atoms with van der Waals surface area (Å²) in [5.41, 5.74) is 0. The van der Waals surface area contributed by atoms with Crippen LogP contribution in [0.1, 0.15) is 41.5 Å². The normalized spacial score (nSPS) is 14.5. The van der Waals surface area contributed by atoms with Gasteiger partial charge in [-0.1, -0.05) is 0 Å². The third-order valence-electron chi connectivity index (χ3n) is 4.02. The van der Waals surface area contributed by atoms with E-state index in [4.69, 9.17) is 9.47 Å². The van der Waals surface area contributed by atoms with Gasteiger partial charge < -0.3 is 9.47 Å². The van der Waals surface area contributed by atoms with Gasteiger partial charge in [0.05, 0.1) is 14.2 Å². The Hall–Kier alpha value is -1.14. The molecule has 0 spiro atoms. The molecule has 0 aromatic rings. The maximum atomic E-state index is 11.8. The number of esters is 2. The fraction of sp³-hybridized carbons (Fsp3) is 0.875. The molecular formula is C16H32N2O4. The second-order valence-corrected chi connectivity index (χ2v) is 6.06. The van der Waals surface area contributed by atoms with Crippen molar-refractivity contribution < 1.29 is 19.1 Å². The summed E-state index contributed by atoms with van der Waals surface area (Å²) in [6, 6.07) is -0.215. The van der Waals surface area contributed by atoms with Crippen LogP contribution in [0.4, 0.5) is 0 Å². The van der Waals surface area contributed by atoms with Crippen LogP contribution in [0, 0.1) is 0 Å². The Morgan fingerprint density at radius 2 is 1.00 bits per heavy atom. The first kappa shape index (κ1) is 20.9. The second-order valence-electron chi connectivity index (χ2n) is 6.06. The summed E-state index contributed by atoms with van der Waals surface area (Å²) >= 11 is 0. The van der Waals surface area contributed by atoms with Gasteiger partial charge in [-0.05, 0) is 41.5 Å². The molecule has 0 aliphatic rings. The zero-order valence-corrected chi connectivity index (χ0v) is 15.3. The van der Waals surface area contributed by atoms with Crippen LogP contribution in [0.15, 0.2) is 0 Å². The number of carbonyl (C=O) groups is 2. The lowest BCUT2D eigenvalue weighted by Crippen LogP contribution is -2.51. The van der Waals surface area contributed by atoms with Crippen molar-refractivity contribution in [1.29, 1.82) is 0 Å². The smallest absolute Gasteiger partial charge is 0.322 e. The number of ether oxygens (including phenoxy) is 2. The van der Waals surface area contributed by atoms with Gasteiger partial charge in [-0.15, -0.1) is 0 Å². The summed E-state index contributed by atoms with van der Waals surface area (Å²) in [5.74, 6) is -0.489. The first-order chi connectivity index (χ1) is 10.2. The summed E-state index contributed by atoms with van der Waals surface area (Å²) in [5, 5.41) is 0. The number of rotatable bonds is 9. The largest absolute Gasteiger partial charge is 0.468 e. The molecule has 2 atom stereocenters. The van der Waals surface area contributed by atoms with Gasteiger partial charge in [-0.25, -0.2) is 0 Å². The van der Waals surface area contributed by atoms with Crippen molar-refractivity contribution in [1.82, 2.24) is 9.80 Å². The summed E-state index contributed by atoms with van der Waals surface area (Å²) in [4.78, 5) is 27.7. The Kier molecular flexibility index (Phi) is 9.28. The van der Waals surface area contributed by atoms with Crippen molar-refractivity contribution in [3.63, 3.8) is 0 Å². The number of hydrogen-bond acceptors (Lipinski definition) is 6. The summed E-state index contributed by atoms with van der Waals surface area (Å²) in [6.07, 6.45) is 0. The van der Waals surface area contributed by atoms with E-state index in [0.717, 1.165) is 0 Å². The van der Waals surface area contributed by atoms with E-state index in [0.29, 0.717) is 13.1 Å². The summed E-state index contributed by atoms with van der Waals surface area (Å²) in [7, 11) is 2.80. The lowest BCUT2D eigenvalue weighted by molar-refractivity contribution is -0.149. The topological polar surface area (TPSA) is 59.1 Å². The molecule has 0 aromatic heterocycles. The molecule has 0 aliphatic heterocycles. The van der Waals surface area contributed by atoms with Gasteiger partial charge in [0.1, 0.15) is 12.1 Å². The van der Waals surface area contributed by atoms with E-state index in [2.05, 4.69) is 9.80 Å². The number of carbonyl (C=O) groups excluding carboxylic acids is 2. The summed E-state index contributed by atoms with van der Waals surface area (Å²) in [6.45, 7) is 13.2. The van der Waals surface area contributed by atoms with Gasteiger partial charge in [-0.2, -0.15) is 0 Å². The molecule has 6 heteroatoms. The number of nitrogens with zero attached hydrogens (tertiary/aromatic N) is 2. The molecule has 0 amide bonds. The predicted molar refractivity (Wildman–Crippen MR) is 86.6 cm³/mol. The highest BCUT2D eigenvalue weighted by molar-refractivity contribution is 5.75. The van der Waals surface area contributed by atoms with E-state index in [-0.39, 0.29) is 36.1 Å². The average Bonchev–Trinajstić information content (AvgIpc) is 2.47. The lowest BCUT2D eigenvalue weighted by atomic mass is 10.1. The van der Waals surface area contributed by atoms with E-state index < -0.39 is 0 Å². The molecule has 0 aliphatic carbocycles. The van der Waals surface area contributed by atoms with Gasteiger partial charge in [0, 0.05) is 25.2 Å². The number of hydrogen-bond donors (Lipinski definition) is 0. The third-order valence-corrected chi connectivity index (χ3v) is 4.02. The zero-order chi connectivity index (χ0) is 17.4. The molecule has 0 unspecified atom stereocenters. The van der Waals surface area contributed by atoms with Gasteiger partial charge in [0.25, 0.3) is 0 Å². The molecule has 0 rings (SSSR count). The highest BCUT2D eigenvalue weighted by atomic mass is 16.5. The first-order valence-corrected chi connectivity index (χ1v) is 7.84. The van der Waals surface area contributed by atoms with Gasteiger partial charge >= 0.3 is 11.9 Å². The average molecular weight is 316 g/mol. The molecule has 6 nitrogen and oxygen atoms in total. The highest BCUT2D eigenvalue weighted by Crippen LogP contribution is 2.11. The molecule has 0 radical (unpaired) electrons. The molecular weight excluding hydrogens is 284 g/mol. The first-order valence-electron chi connectivity index (χ1n) is 7.84. The SMILES string of the molecule is COC(=O)[C@H](C)N(CCN(C(C)C)[C@@H](C)C(=O)OC)C(C)C. The number of methoxy groups -OCH3 is 2. The van der Waals surface area contributed by atoms with Gasteiger partial charge in [0.2, 0.25) is 0 Å². The van der Waals surface area contributed by atoms with E-state index in [1.54, 1.807) is 0 Å². The monoisotopic (exact) mass is 316 g/mol. The van der Waals surface area contributed by atoms with Crippen molar-refractivity contribution in [3.05, 3.63) is 0 Å². The van der Waals surface area contributed by atoms with Crippen LogP contribution in [0.5, 0.6) is 0 Å². The van der Waals surface area contributed by atoms with Crippen molar-refractivity contribution in [2.24, 2.45) is 0 Å². The van der Waals surface area contributed by atoms with E-state index in [1.807, 2.05) is 41.5 Å². The minimum absolute atomic E-state index is 0.205. The molecule has 0 aromatic carbocycles. The van der Waals surface area contributed by atoms with Crippen LogP contribution in [-0.2, 0) is 19.1 Å². The Labute approximate surface area is 134 Å². The van der Waals surface area contributed by atoms with Crippen LogP contribution in [0.25, 0.3) is 0 Å². The van der Waals surface area contributed by atoms with E-state index in [1.165, 1.54) is 14.2 Å². The van der Waals surface area contributed by atoms with Crippen LogP contribution in [0.3, 0.4) is 0 Å². The van der Waals surface area contributed by atoms with E-state index in [9.17, 15) is 9.59 Å². The standard InChI is InChI=1S/C16H32N2O4/c1-11(2)17(13(5)15(19)21-7)9-10-18(12(3)4)14(6)16(20)22-8/h11-14H,9-10H2,1-8H3/t13-,14-/m0/s1.